The number of likely N-dealkylation sites (N-methyl/N-ethyl adjacent to an activating group) is 1. The van der Waals surface area contributed by atoms with Gasteiger partial charge in [0.2, 0.25) is 0 Å². The minimum absolute atomic E-state index is 0.0463. The molecule has 0 saturated heterocycles. The Hall–Kier alpha value is -3.10. The fourth-order valence-corrected chi connectivity index (χ4v) is 4.98. The number of rotatable bonds is 10. The van der Waals surface area contributed by atoms with E-state index in [1.54, 1.807) is 31.4 Å². The monoisotopic (exact) mass is 454 g/mol. The minimum atomic E-state index is -3.70. The first-order chi connectivity index (χ1) is 15.4. The molecule has 1 atom stereocenters. The lowest BCUT2D eigenvalue weighted by Crippen LogP contribution is -2.31. The first-order valence-corrected chi connectivity index (χ1v) is 11.9. The Morgan fingerprint density at radius 3 is 2.28 bits per heavy atom. The van der Waals surface area contributed by atoms with E-state index in [2.05, 4.69) is 15.2 Å². The van der Waals surface area contributed by atoms with Gasteiger partial charge in [-0.3, -0.25) is 4.31 Å². The predicted molar refractivity (Wildman–Crippen MR) is 129 cm³/mol. The summed E-state index contributed by atoms with van der Waals surface area (Å²) in [5.41, 5.74) is 1.69. The molecule has 3 rings (SSSR count). The smallest absolute Gasteiger partial charge is 0.265 e. The van der Waals surface area contributed by atoms with E-state index in [9.17, 15) is 8.42 Å². The fourth-order valence-electron chi connectivity index (χ4n) is 3.56. The molecular formula is C24H30N4O3S. The highest BCUT2D eigenvalue weighted by Gasteiger charge is 2.24. The number of hydrogen-bond acceptors (Lipinski definition) is 6. The van der Waals surface area contributed by atoms with Crippen LogP contribution < -0.4 is 14.4 Å². The molecule has 0 saturated carbocycles. The number of pyridine rings is 1. The molecule has 0 spiro atoms. The van der Waals surface area contributed by atoms with Gasteiger partial charge in [0.25, 0.3) is 10.0 Å². The Morgan fingerprint density at radius 1 is 1.00 bits per heavy atom. The van der Waals surface area contributed by atoms with Crippen molar-refractivity contribution < 1.29 is 13.2 Å². The molecule has 0 bridgehead atoms. The standard InChI is InChI=1S/C24H30N4O3S/c1-5-28(19-11-7-6-8-12-19)32(29,30)20-15-16-24(25-17-20)26-18-22(27(2)3)21-13-9-10-14-23(21)31-4/h6-17,22H,5,18H2,1-4H3,(H,25,26). The summed E-state index contributed by atoms with van der Waals surface area (Å²) in [4.78, 5) is 6.61. The molecule has 1 unspecified atom stereocenters. The quantitative estimate of drug-likeness (QED) is 0.499. The fraction of sp³-hybridized carbons (Fsp3) is 0.292. The van der Waals surface area contributed by atoms with Crippen molar-refractivity contribution in [2.24, 2.45) is 0 Å². The molecule has 3 aromatic rings. The average Bonchev–Trinajstić information content (AvgIpc) is 2.80. The highest BCUT2D eigenvalue weighted by atomic mass is 32.2. The number of aromatic nitrogens is 1. The van der Waals surface area contributed by atoms with Gasteiger partial charge >= 0.3 is 0 Å². The zero-order chi connectivity index (χ0) is 23.1. The molecule has 0 aliphatic rings. The van der Waals surface area contributed by atoms with E-state index in [0.29, 0.717) is 24.6 Å². The van der Waals surface area contributed by atoms with Gasteiger partial charge in [-0.2, -0.15) is 0 Å². The number of nitrogens with one attached hydrogen (secondary N) is 1. The molecule has 170 valence electrons. The van der Waals surface area contributed by atoms with Crippen molar-refractivity contribution in [2.45, 2.75) is 17.9 Å². The summed E-state index contributed by atoms with van der Waals surface area (Å²) in [6, 6.07) is 20.3. The van der Waals surface area contributed by atoms with Gasteiger partial charge < -0.3 is 15.0 Å². The van der Waals surface area contributed by atoms with E-state index in [1.807, 2.05) is 63.5 Å². The maximum Gasteiger partial charge on any atom is 0.265 e. The Labute approximate surface area is 190 Å². The summed E-state index contributed by atoms with van der Waals surface area (Å²) in [5.74, 6) is 1.43. The normalized spacial score (nSPS) is 12.4. The van der Waals surface area contributed by atoms with Crippen molar-refractivity contribution in [3.63, 3.8) is 0 Å². The second-order valence-electron chi connectivity index (χ2n) is 7.49. The van der Waals surface area contributed by atoms with Crippen LogP contribution in [0.4, 0.5) is 11.5 Å². The SMILES string of the molecule is CCN(c1ccccc1)S(=O)(=O)c1ccc(NCC(c2ccccc2OC)N(C)C)nc1. The Balaban J connectivity index is 1.76. The molecule has 1 heterocycles. The van der Waals surface area contributed by atoms with Crippen molar-refractivity contribution in [1.29, 1.82) is 0 Å². The summed E-state index contributed by atoms with van der Waals surface area (Å²) < 4.78 is 33.1. The second kappa shape index (κ2) is 10.5. The van der Waals surface area contributed by atoms with Gasteiger partial charge in [0.15, 0.2) is 0 Å². The van der Waals surface area contributed by atoms with Gasteiger partial charge in [0.05, 0.1) is 18.8 Å². The van der Waals surface area contributed by atoms with Gasteiger partial charge in [0.1, 0.15) is 16.5 Å². The number of nitrogens with zero attached hydrogens (tertiary/aromatic N) is 3. The van der Waals surface area contributed by atoms with Crippen molar-refractivity contribution in [1.82, 2.24) is 9.88 Å². The van der Waals surface area contributed by atoms with Gasteiger partial charge in [0, 0.05) is 24.8 Å². The van der Waals surface area contributed by atoms with Crippen LogP contribution in [0.25, 0.3) is 0 Å². The number of para-hydroxylation sites is 2. The Morgan fingerprint density at radius 2 is 1.69 bits per heavy atom. The third kappa shape index (κ3) is 5.20. The number of methoxy groups -OCH3 is 1. The second-order valence-corrected chi connectivity index (χ2v) is 9.35. The number of anilines is 2. The van der Waals surface area contributed by atoms with Crippen LogP contribution in [0.3, 0.4) is 0 Å². The van der Waals surface area contributed by atoms with Crippen molar-refractivity contribution in [3.05, 3.63) is 78.5 Å². The van der Waals surface area contributed by atoms with Crippen LogP contribution in [0.15, 0.2) is 77.8 Å². The molecule has 0 aliphatic carbocycles. The molecule has 1 aromatic heterocycles. The van der Waals surface area contributed by atoms with Crippen LogP contribution in [0.2, 0.25) is 0 Å². The first-order valence-electron chi connectivity index (χ1n) is 10.5. The molecule has 0 amide bonds. The van der Waals surface area contributed by atoms with Crippen molar-refractivity contribution in [3.8, 4) is 5.75 Å². The van der Waals surface area contributed by atoms with Crippen LogP contribution in [-0.2, 0) is 10.0 Å². The molecule has 7 nitrogen and oxygen atoms in total. The summed E-state index contributed by atoms with van der Waals surface area (Å²) in [6.45, 7) is 2.72. The third-order valence-corrected chi connectivity index (χ3v) is 7.14. The third-order valence-electron chi connectivity index (χ3n) is 5.25. The summed E-state index contributed by atoms with van der Waals surface area (Å²) >= 11 is 0. The van der Waals surface area contributed by atoms with Gasteiger partial charge in [-0.1, -0.05) is 36.4 Å². The van der Waals surface area contributed by atoms with E-state index in [4.69, 9.17) is 4.74 Å². The minimum Gasteiger partial charge on any atom is -0.496 e. The molecule has 0 fully saturated rings. The largest absolute Gasteiger partial charge is 0.496 e. The number of benzene rings is 2. The van der Waals surface area contributed by atoms with Crippen LogP contribution >= 0.6 is 0 Å². The lowest BCUT2D eigenvalue weighted by Gasteiger charge is -2.27. The zero-order valence-electron chi connectivity index (χ0n) is 18.9. The summed E-state index contributed by atoms with van der Waals surface area (Å²) in [5, 5.41) is 3.31. The summed E-state index contributed by atoms with van der Waals surface area (Å²) in [7, 11) is 1.97. The van der Waals surface area contributed by atoms with Gasteiger partial charge in [-0.25, -0.2) is 13.4 Å². The van der Waals surface area contributed by atoms with E-state index in [-0.39, 0.29) is 10.9 Å². The maximum absolute atomic E-state index is 13.1. The molecule has 2 aromatic carbocycles. The highest BCUT2D eigenvalue weighted by Crippen LogP contribution is 2.28. The molecule has 8 heteroatoms. The molecule has 0 aliphatic heterocycles. The summed E-state index contributed by atoms with van der Waals surface area (Å²) in [6.07, 6.45) is 1.40. The maximum atomic E-state index is 13.1. The number of sulfonamides is 1. The van der Waals surface area contributed by atoms with E-state index >= 15 is 0 Å². The zero-order valence-corrected chi connectivity index (χ0v) is 19.7. The highest BCUT2D eigenvalue weighted by molar-refractivity contribution is 7.92. The number of hydrogen-bond donors (Lipinski definition) is 1. The van der Waals surface area contributed by atoms with Gasteiger partial charge in [-0.15, -0.1) is 0 Å². The van der Waals surface area contributed by atoms with Crippen molar-refractivity contribution in [2.75, 3.05) is 43.9 Å². The van der Waals surface area contributed by atoms with E-state index in [0.717, 1.165) is 11.3 Å². The molecule has 0 radical (unpaired) electrons. The lowest BCUT2D eigenvalue weighted by molar-refractivity contribution is 0.300. The molecule has 1 N–H and O–H groups in total. The average molecular weight is 455 g/mol. The first kappa shape index (κ1) is 23.6. The Kier molecular flexibility index (Phi) is 7.71. The van der Waals surface area contributed by atoms with Crippen LogP contribution in [0, 0.1) is 0 Å². The predicted octanol–water partition coefficient (Wildman–Crippen LogP) is 4.02. The van der Waals surface area contributed by atoms with Crippen LogP contribution in [-0.4, -0.2) is 52.6 Å². The van der Waals surface area contributed by atoms with Crippen molar-refractivity contribution >= 4 is 21.5 Å². The number of ether oxygens (including phenoxy) is 1. The molecule has 32 heavy (non-hydrogen) atoms. The van der Waals surface area contributed by atoms with Crippen LogP contribution in [0.5, 0.6) is 5.75 Å². The lowest BCUT2D eigenvalue weighted by atomic mass is 10.0. The van der Waals surface area contributed by atoms with E-state index < -0.39 is 10.0 Å². The Bertz CT molecular complexity index is 1100. The molecular weight excluding hydrogens is 424 g/mol. The topological polar surface area (TPSA) is 74.8 Å². The van der Waals surface area contributed by atoms with Gasteiger partial charge in [-0.05, 0) is 51.4 Å². The van der Waals surface area contributed by atoms with E-state index in [1.165, 1.54) is 10.5 Å². The van der Waals surface area contributed by atoms with Crippen LogP contribution in [0.1, 0.15) is 18.5 Å².